The Morgan fingerprint density at radius 1 is 0.421 bits per heavy atom. The minimum Gasteiger partial charge on any atom is -0.452 e. The summed E-state index contributed by atoms with van der Waals surface area (Å²) < 4.78 is 209. The van der Waals surface area contributed by atoms with E-state index < -0.39 is 133 Å². The van der Waals surface area contributed by atoms with Crippen LogP contribution in [0.3, 0.4) is 0 Å². The van der Waals surface area contributed by atoms with Crippen molar-refractivity contribution >= 4 is 77.3 Å². The van der Waals surface area contributed by atoms with Crippen LogP contribution in [0.4, 0.5) is 0 Å². The van der Waals surface area contributed by atoms with Gasteiger partial charge in [-0.25, -0.2) is 0 Å². The molecule has 344 valence electrons. The van der Waals surface area contributed by atoms with Crippen molar-refractivity contribution in [2.75, 3.05) is 34.5 Å². The molecule has 0 fully saturated rings. The van der Waals surface area contributed by atoms with Crippen LogP contribution < -0.4 is 11.5 Å². The monoisotopic (exact) mass is 980 g/mol. The van der Waals surface area contributed by atoms with E-state index in [1.807, 2.05) is 0 Å². The van der Waals surface area contributed by atoms with E-state index in [-0.39, 0.29) is 89.9 Å². The van der Waals surface area contributed by atoms with Crippen LogP contribution in [0.5, 0.6) is 0 Å². The summed E-state index contributed by atoms with van der Waals surface area (Å²) in [6.45, 7) is 6.63. The molecule has 0 rings (SSSR count). The molecular weight excluding hydrogens is 917 g/mol. The molecule has 0 saturated carbocycles. The van der Waals surface area contributed by atoms with Gasteiger partial charge in [0.2, 0.25) is 0 Å². The molecule has 21 nitrogen and oxygen atoms in total. The Hall–Kier alpha value is -0.226. The van der Waals surface area contributed by atoms with Crippen molar-refractivity contribution in [3.8, 4) is 0 Å². The van der Waals surface area contributed by atoms with Crippen LogP contribution in [0.1, 0.15) is 104 Å². The predicted molar refractivity (Wildman–Crippen MR) is 220 cm³/mol. The van der Waals surface area contributed by atoms with Crippen LogP contribution >= 0.6 is 0 Å². The number of rotatable bonds is 32. The fourth-order valence-electron chi connectivity index (χ4n) is 8.17. The maximum Gasteiger partial charge on any atom is 0.264 e. The molecule has 29 heteroatoms. The Labute approximate surface area is 341 Å². The van der Waals surface area contributed by atoms with Crippen LogP contribution in [-0.4, -0.2) is 140 Å². The Bertz CT molecular complexity index is 1620. The molecule has 0 aromatic heterocycles. The molecule has 4 unspecified atom stereocenters. The molecule has 0 aliphatic rings. The maximum absolute atomic E-state index is 11.9. The van der Waals surface area contributed by atoms with Gasteiger partial charge in [-0.1, -0.05) is 13.8 Å². The Morgan fingerprint density at radius 2 is 0.579 bits per heavy atom. The van der Waals surface area contributed by atoms with Gasteiger partial charge in [-0.15, -0.1) is 0 Å². The molecule has 0 saturated heterocycles. The van der Waals surface area contributed by atoms with E-state index in [9.17, 15) is 77.8 Å². The quantitative estimate of drug-likeness (QED) is 0.0354. The standard InChI is InChI=1S/C28H64N2O19S6Si2/c1-5-25(29)56(3,27(13-7-19-50(31,32)33,14-8-20-51(34,35)36)15-9-21-52(37,38)39)49-57(4,26(30)6-2)28(16-10-22-53(40,41)42,17-11-23-54(43,44)45)18-12-24-55(46,47)48/h25-26H,5-24,29-30H2,1-4H3,(H,31,32,33)(H,34,35,36)(H,37,38,39)(H,40,41,42)(H,43,44,45)(H,46,47,48). The fraction of sp³-hybridized carbons (Fsp3) is 1.00. The predicted octanol–water partition coefficient (Wildman–Crippen LogP) is 2.20. The summed E-state index contributed by atoms with van der Waals surface area (Å²) in [5, 5.41) is -2.85. The zero-order valence-corrected chi connectivity index (χ0v) is 39.8. The summed E-state index contributed by atoms with van der Waals surface area (Å²) in [6, 6.07) is 0. The van der Waals surface area contributed by atoms with Gasteiger partial charge >= 0.3 is 0 Å². The van der Waals surface area contributed by atoms with Crippen molar-refractivity contribution in [2.24, 2.45) is 11.5 Å². The lowest BCUT2D eigenvalue weighted by Crippen LogP contribution is -2.72. The summed E-state index contributed by atoms with van der Waals surface area (Å²) in [4.78, 5) is 0. The molecule has 57 heavy (non-hydrogen) atoms. The van der Waals surface area contributed by atoms with Crippen LogP contribution in [0.15, 0.2) is 0 Å². The highest BCUT2D eigenvalue weighted by molar-refractivity contribution is 7.86. The molecule has 0 spiro atoms. The smallest absolute Gasteiger partial charge is 0.264 e. The second kappa shape index (κ2) is 22.2. The number of hydrogen-bond donors (Lipinski definition) is 8. The normalized spacial score (nSPS) is 17.5. The first-order valence-electron chi connectivity index (χ1n) is 18.3. The number of nitrogens with two attached hydrogens (primary N) is 2. The molecule has 0 aromatic carbocycles. The first-order valence-corrected chi connectivity index (χ1v) is 33.0. The summed E-state index contributed by atoms with van der Waals surface area (Å²) in [6.07, 6.45) is -2.59. The highest BCUT2D eigenvalue weighted by Gasteiger charge is 2.62. The molecule has 0 amide bonds. The Morgan fingerprint density at radius 3 is 0.702 bits per heavy atom. The molecule has 10 N–H and O–H groups in total. The highest BCUT2D eigenvalue weighted by atomic mass is 32.2. The van der Waals surface area contributed by atoms with E-state index in [4.69, 9.17) is 15.6 Å². The highest BCUT2D eigenvalue weighted by Crippen LogP contribution is 2.59. The van der Waals surface area contributed by atoms with Crippen molar-refractivity contribution in [3.05, 3.63) is 0 Å². The first-order chi connectivity index (χ1) is 25.4. The SMILES string of the molecule is CCC(N)[Si](C)(O[Si](C)(C(N)CC)C(CCCS(=O)(=O)O)(CCCS(=O)(=O)O)CCCS(=O)(=O)O)C(CCCS(=O)(=O)O)(CCCS(=O)(=O)O)CCCS(=O)(=O)O. The average molecular weight is 981 g/mol. The van der Waals surface area contributed by atoms with Gasteiger partial charge in [-0.3, -0.25) is 27.3 Å². The summed E-state index contributed by atoms with van der Waals surface area (Å²) in [5.74, 6) is -4.80. The second-order valence-corrected chi connectivity index (χ2v) is 33.5. The zero-order chi connectivity index (χ0) is 45.0. The average Bonchev–Trinajstić information content (AvgIpc) is 2.99. The lowest BCUT2D eigenvalue weighted by molar-refractivity contribution is 0.296. The van der Waals surface area contributed by atoms with Crippen molar-refractivity contribution in [1.29, 1.82) is 0 Å². The van der Waals surface area contributed by atoms with Gasteiger partial charge in [0.15, 0.2) is 16.6 Å². The van der Waals surface area contributed by atoms with Gasteiger partial charge in [0, 0.05) is 11.3 Å². The van der Waals surface area contributed by atoms with E-state index in [0.29, 0.717) is 0 Å². The van der Waals surface area contributed by atoms with E-state index in [1.165, 1.54) is 0 Å². The third-order valence-corrected chi connectivity index (χ3v) is 28.7. The van der Waals surface area contributed by atoms with Crippen molar-refractivity contribution in [1.82, 2.24) is 0 Å². The third kappa shape index (κ3) is 20.9. The van der Waals surface area contributed by atoms with Crippen LogP contribution in [0, 0.1) is 0 Å². The van der Waals surface area contributed by atoms with E-state index in [2.05, 4.69) is 0 Å². The van der Waals surface area contributed by atoms with Gasteiger partial charge in [0.05, 0.1) is 34.5 Å². The molecule has 0 radical (unpaired) electrons. The van der Waals surface area contributed by atoms with E-state index in [0.717, 1.165) is 0 Å². The lowest BCUT2D eigenvalue weighted by atomic mass is 9.92. The van der Waals surface area contributed by atoms with Crippen LogP contribution in [0.2, 0.25) is 23.2 Å². The molecule has 0 aliphatic carbocycles. The third-order valence-electron chi connectivity index (χ3n) is 11.2. The first kappa shape index (κ1) is 56.8. The molecule has 0 aromatic rings. The van der Waals surface area contributed by atoms with Crippen molar-refractivity contribution < 1.29 is 81.9 Å². The lowest BCUT2D eigenvalue weighted by Gasteiger charge is -2.59. The molecular formula is C28H64N2O19S6Si2. The fourth-order valence-corrected chi connectivity index (χ4v) is 24.9. The van der Waals surface area contributed by atoms with E-state index >= 15 is 0 Å². The molecule has 4 atom stereocenters. The van der Waals surface area contributed by atoms with Gasteiger partial charge in [0.25, 0.3) is 60.7 Å². The van der Waals surface area contributed by atoms with Gasteiger partial charge < -0.3 is 15.6 Å². The maximum atomic E-state index is 11.9. The van der Waals surface area contributed by atoms with Crippen LogP contribution in [0.25, 0.3) is 0 Å². The second-order valence-electron chi connectivity index (χ2n) is 15.2. The van der Waals surface area contributed by atoms with Gasteiger partial charge in [0.1, 0.15) is 0 Å². The summed E-state index contributed by atoms with van der Waals surface area (Å²) >= 11 is 0. The van der Waals surface area contributed by atoms with Crippen LogP contribution in [-0.2, 0) is 64.8 Å². The van der Waals surface area contributed by atoms with Crippen molar-refractivity contribution in [3.63, 3.8) is 0 Å². The zero-order valence-electron chi connectivity index (χ0n) is 32.9. The topological polar surface area (TPSA) is 387 Å². The largest absolute Gasteiger partial charge is 0.452 e. The van der Waals surface area contributed by atoms with E-state index in [1.54, 1.807) is 26.9 Å². The molecule has 0 aliphatic heterocycles. The molecule has 0 bridgehead atoms. The Kier molecular flexibility index (Phi) is 22.1. The Balaban J connectivity index is 8.44. The minimum absolute atomic E-state index is 0.145. The minimum atomic E-state index is -4.60. The van der Waals surface area contributed by atoms with Crippen molar-refractivity contribution in [2.45, 2.75) is 138 Å². The molecule has 0 heterocycles. The van der Waals surface area contributed by atoms with Gasteiger partial charge in [-0.2, -0.15) is 50.5 Å². The summed E-state index contributed by atoms with van der Waals surface area (Å²) in [7, 11) is -35.7. The number of hydrogen-bond acceptors (Lipinski definition) is 15. The summed E-state index contributed by atoms with van der Waals surface area (Å²) in [5.41, 5.74) is 12.0. The van der Waals surface area contributed by atoms with Gasteiger partial charge in [-0.05, 0) is 113 Å².